The molecule has 2 unspecified atom stereocenters. The van der Waals surface area contributed by atoms with Crippen LogP contribution >= 0.6 is 23.2 Å². The molecule has 0 aromatic heterocycles. The van der Waals surface area contributed by atoms with Crippen LogP contribution in [0.5, 0.6) is 0 Å². The average Bonchev–Trinajstić information content (AvgIpc) is 2.26. The first-order valence-corrected chi connectivity index (χ1v) is 6.79. The molecule has 0 spiro atoms. The van der Waals surface area contributed by atoms with E-state index in [1.165, 1.54) is 6.42 Å². The summed E-state index contributed by atoms with van der Waals surface area (Å²) in [6, 6.07) is 4.52. The molecule has 0 saturated heterocycles. The lowest BCUT2D eigenvalue weighted by Crippen LogP contribution is -2.34. The van der Waals surface area contributed by atoms with Gasteiger partial charge in [-0.05, 0) is 50.3 Å². The summed E-state index contributed by atoms with van der Waals surface area (Å²) in [5.41, 5.74) is 7.89. The first-order chi connectivity index (χ1) is 8.06. The van der Waals surface area contributed by atoms with Crippen molar-refractivity contribution in [2.24, 2.45) is 5.73 Å². The fourth-order valence-corrected chi connectivity index (χ4v) is 2.77. The van der Waals surface area contributed by atoms with E-state index in [1.54, 1.807) is 0 Å². The Labute approximate surface area is 112 Å². The molecule has 1 fully saturated rings. The van der Waals surface area contributed by atoms with E-state index in [4.69, 9.17) is 28.9 Å². The van der Waals surface area contributed by atoms with Crippen LogP contribution in [0.2, 0.25) is 10.0 Å². The van der Waals surface area contributed by atoms with Crippen LogP contribution in [0.15, 0.2) is 12.1 Å². The van der Waals surface area contributed by atoms with Gasteiger partial charge in [-0.3, -0.25) is 0 Å². The van der Waals surface area contributed by atoms with Crippen molar-refractivity contribution >= 4 is 28.9 Å². The molecule has 0 radical (unpaired) electrons. The predicted octanol–water partition coefficient (Wildman–Crippen LogP) is 3.98. The van der Waals surface area contributed by atoms with Crippen molar-refractivity contribution in [1.82, 2.24) is 0 Å². The highest BCUT2D eigenvalue weighted by Gasteiger charge is 2.19. The molecule has 1 aromatic carbocycles. The van der Waals surface area contributed by atoms with Gasteiger partial charge in [-0.25, -0.2) is 0 Å². The van der Waals surface area contributed by atoms with Crippen LogP contribution in [0.25, 0.3) is 0 Å². The number of halogens is 2. The minimum absolute atomic E-state index is 0.306. The summed E-state index contributed by atoms with van der Waals surface area (Å²) in [6.45, 7) is 1.95. The molecule has 1 aliphatic rings. The Bertz CT molecular complexity index is 407. The van der Waals surface area contributed by atoms with Crippen molar-refractivity contribution < 1.29 is 0 Å². The molecule has 0 heterocycles. The van der Waals surface area contributed by atoms with E-state index in [1.807, 2.05) is 19.1 Å². The molecule has 0 bridgehead atoms. The molecule has 2 rings (SSSR count). The second kappa shape index (κ2) is 5.47. The van der Waals surface area contributed by atoms with Gasteiger partial charge in [0.25, 0.3) is 0 Å². The van der Waals surface area contributed by atoms with E-state index in [9.17, 15) is 0 Å². The van der Waals surface area contributed by atoms with Crippen molar-refractivity contribution in [1.29, 1.82) is 0 Å². The lowest BCUT2D eigenvalue weighted by molar-refractivity contribution is 0.409. The number of rotatable bonds is 2. The molecule has 1 aromatic rings. The Morgan fingerprint density at radius 2 is 2.00 bits per heavy atom. The molecule has 2 atom stereocenters. The van der Waals surface area contributed by atoms with Crippen LogP contribution in [0.4, 0.5) is 5.69 Å². The third-order valence-electron chi connectivity index (χ3n) is 3.32. The van der Waals surface area contributed by atoms with Gasteiger partial charge >= 0.3 is 0 Å². The molecule has 2 nitrogen and oxygen atoms in total. The highest BCUT2D eigenvalue weighted by Crippen LogP contribution is 2.31. The summed E-state index contributed by atoms with van der Waals surface area (Å²) in [5, 5.41) is 4.93. The van der Waals surface area contributed by atoms with Crippen LogP contribution in [0.3, 0.4) is 0 Å². The van der Waals surface area contributed by atoms with Gasteiger partial charge in [0.05, 0.1) is 10.7 Å². The summed E-state index contributed by atoms with van der Waals surface area (Å²) in [7, 11) is 0. The summed E-state index contributed by atoms with van der Waals surface area (Å²) >= 11 is 12.3. The topological polar surface area (TPSA) is 38.0 Å². The third-order valence-corrected chi connectivity index (χ3v) is 4.04. The molecule has 1 aliphatic carbocycles. The number of benzene rings is 1. The predicted molar refractivity (Wildman–Crippen MR) is 75.1 cm³/mol. The lowest BCUT2D eigenvalue weighted by atomic mass is 9.91. The van der Waals surface area contributed by atoms with Crippen molar-refractivity contribution in [3.05, 3.63) is 27.7 Å². The van der Waals surface area contributed by atoms with Gasteiger partial charge in [0.1, 0.15) is 0 Å². The lowest BCUT2D eigenvalue weighted by Gasteiger charge is -2.28. The zero-order valence-electron chi connectivity index (χ0n) is 9.97. The Hall–Kier alpha value is -0.440. The molecule has 3 N–H and O–H groups in total. The number of nitrogens with one attached hydrogen (secondary N) is 1. The summed E-state index contributed by atoms with van der Waals surface area (Å²) < 4.78 is 0. The normalized spacial score (nSPS) is 24.7. The highest BCUT2D eigenvalue weighted by atomic mass is 35.5. The van der Waals surface area contributed by atoms with E-state index in [0.29, 0.717) is 12.1 Å². The minimum Gasteiger partial charge on any atom is -0.381 e. The molecular weight excluding hydrogens is 255 g/mol. The van der Waals surface area contributed by atoms with Crippen LogP contribution in [0, 0.1) is 6.92 Å². The van der Waals surface area contributed by atoms with E-state index >= 15 is 0 Å². The Morgan fingerprint density at radius 1 is 1.24 bits per heavy atom. The Kier molecular flexibility index (Phi) is 4.18. The third kappa shape index (κ3) is 3.27. The summed E-state index contributed by atoms with van der Waals surface area (Å²) in [6.07, 6.45) is 4.45. The van der Waals surface area contributed by atoms with E-state index in [2.05, 4.69) is 5.32 Å². The first-order valence-electron chi connectivity index (χ1n) is 6.04. The van der Waals surface area contributed by atoms with E-state index in [-0.39, 0.29) is 0 Å². The van der Waals surface area contributed by atoms with Gasteiger partial charge in [-0.1, -0.05) is 23.2 Å². The quantitative estimate of drug-likeness (QED) is 0.855. The average molecular weight is 273 g/mol. The molecule has 94 valence electrons. The SMILES string of the molecule is Cc1cc(Cl)c(NC2CCCC(N)C2)cc1Cl. The van der Waals surface area contributed by atoms with E-state index < -0.39 is 0 Å². The fraction of sp³-hybridized carbons (Fsp3) is 0.538. The number of nitrogens with two attached hydrogens (primary N) is 1. The van der Waals surface area contributed by atoms with Gasteiger partial charge in [0.15, 0.2) is 0 Å². The molecule has 0 aliphatic heterocycles. The van der Waals surface area contributed by atoms with Gasteiger partial charge in [-0.2, -0.15) is 0 Å². The summed E-state index contributed by atoms with van der Waals surface area (Å²) in [5.74, 6) is 0. The molecular formula is C13H18Cl2N2. The maximum Gasteiger partial charge on any atom is 0.0641 e. The smallest absolute Gasteiger partial charge is 0.0641 e. The molecule has 17 heavy (non-hydrogen) atoms. The maximum absolute atomic E-state index is 6.20. The maximum atomic E-state index is 6.20. The molecule has 4 heteroatoms. The van der Waals surface area contributed by atoms with Crippen LogP contribution in [-0.4, -0.2) is 12.1 Å². The van der Waals surface area contributed by atoms with Gasteiger partial charge in [-0.15, -0.1) is 0 Å². The largest absolute Gasteiger partial charge is 0.381 e. The monoisotopic (exact) mass is 272 g/mol. The Balaban J connectivity index is 2.10. The van der Waals surface area contributed by atoms with Crippen molar-refractivity contribution in [3.8, 4) is 0 Å². The zero-order valence-corrected chi connectivity index (χ0v) is 11.5. The summed E-state index contributed by atoms with van der Waals surface area (Å²) in [4.78, 5) is 0. The van der Waals surface area contributed by atoms with Gasteiger partial charge < -0.3 is 11.1 Å². The minimum atomic E-state index is 0.306. The van der Waals surface area contributed by atoms with Gasteiger partial charge in [0.2, 0.25) is 0 Å². The van der Waals surface area contributed by atoms with Crippen molar-refractivity contribution in [2.45, 2.75) is 44.7 Å². The molecule has 0 amide bonds. The second-order valence-electron chi connectivity index (χ2n) is 4.85. The number of hydrogen-bond acceptors (Lipinski definition) is 2. The van der Waals surface area contributed by atoms with Crippen molar-refractivity contribution in [2.75, 3.05) is 5.32 Å². The van der Waals surface area contributed by atoms with Gasteiger partial charge in [0, 0.05) is 17.1 Å². The first kappa shape index (κ1) is 13.0. The van der Waals surface area contributed by atoms with Crippen LogP contribution in [0.1, 0.15) is 31.2 Å². The van der Waals surface area contributed by atoms with Crippen molar-refractivity contribution in [3.63, 3.8) is 0 Å². The number of aryl methyl sites for hydroxylation is 1. The Morgan fingerprint density at radius 3 is 2.71 bits per heavy atom. The number of hydrogen-bond donors (Lipinski definition) is 2. The zero-order chi connectivity index (χ0) is 12.4. The van der Waals surface area contributed by atoms with Crippen LogP contribution in [-0.2, 0) is 0 Å². The van der Waals surface area contributed by atoms with Crippen LogP contribution < -0.4 is 11.1 Å². The second-order valence-corrected chi connectivity index (χ2v) is 5.66. The highest BCUT2D eigenvalue weighted by molar-refractivity contribution is 6.35. The standard InChI is InChI=1S/C13H18Cl2N2/c1-8-5-12(15)13(7-11(8)14)17-10-4-2-3-9(16)6-10/h5,7,9-10,17H,2-4,6,16H2,1H3. The fourth-order valence-electron chi connectivity index (χ4n) is 2.34. The number of anilines is 1. The van der Waals surface area contributed by atoms with E-state index in [0.717, 1.165) is 40.6 Å². The molecule has 1 saturated carbocycles.